The van der Waals surface area contributed by atoms with Crippen LogP contribution in [0.4, 0.5) is 23.2 Å². The van der Waals surface area contributed by atoms with Gasteiger partial charge in [0.1, 0.15) is 5.82 Å². The van der Waals surface area contributed by atoms with Gasteiger partial charge in [0.05, 0.1) is 23.6 Å². The predicted molar refractivity (Wildman–Crippen MR) is 66.4 cm³/mol. The number of amides is 1. The fourth-order valence-electron chi connectivity index (χ4n) is 1.47. The smallest absolute Gasteiger partial charge is 0.319 e. The van der Waals surface area contributed by atoms with Crippen LogP contribution in [0.2, 0.25) is 5.28 Å². The predicted octanol–water partition coefficient (Wildman–Crippen LogP) is 3.54. The molecule has 0 fully saturated rings. The molecule has 2 aromatic rings. The molecule has 4 nitrogen and oxygen atoms in total. The van der Waals surface area contributed by atoms with E-state index in [1.165, 1.54) is 12.4 Å². The van der Waals surface area contributed by atoms with Crippen molar-refractivity contribution >= 4 is 23.2 Å². The number of aromatic nitrogens is 2. The first-order valence-corrected chi connectivity index (χ1v) is 5.81. The van der Waals surface area contributed by atoms with Crippen molar-refractivity contribution in [1.82, 2.24) is 9.97 Å². The lowest BCUT2D eigenvalue weighted by Crippen LogP contribution is -2.14. The number of hydrogen-bond acceptors (Lipinski definition) is 3. The summed E-state index contributed by atoms with van der Waals surface area (Å²) in [7, 11) is 0. The van der Waals surface area contributed by atoms with Gasteiger partial charge in [-0.2, -0.15) is 13.2 Å². The van der Waals surface area contributed by atoms with E-state index in [-0.39, 0.29) is 16.5 Å². The highest BCUT2D eigenvalue weighted by molar-refractivity contribution is 6.28. The fourth-order valence-corrected chi connectivity index (χ4v) is 1.56. The standard InChI is InChI=1S/C12H6ClF4N3O/c13-11-18-4-7(5-19-11)20-10(21)6-1-2-8(9(14)3-6)12(15,16)17/h1-5H,(H,20,21). The van der Waals surface area contributed by atoms with Crippen LogP contribution in [0.1, 0.15) is 15.9 Å². The minimum Gasteiger partial charge on any atom is -0.319 e. The summed E-state index contributed by atoms with van der Waals surface area (Å²) in [5, 5.41) is 2.27. The van der Waals surface area contributed by atoms with E-state index in [9.17, 15) is 22.4 Å². The quantitative estimate of drug-likeness (QED) is 0.680. The Kier molecular flexibility index (Phi) is 4.08. The van der Waals surface area contributed by atoms with Gasteiger partial charge in [0.2, 0.25) is 5.28 Å². The van der Waals surface area contributed by atoms with Crippen LogP contribution >= 0.6 is 11.6 Å². The van der Waals surface area contributed by atoms with Crippen molar-refractivity contribution in [3.8, 4) is 0 Å². The third-order valence-corrected chi connectivity index (χ3v) is 2.61. The lowest BCUT2D eigenvalue weighted by molar-refractivity contribution is -0.140. The Morgan fingerprint density at radius 1 is 1.19 bits per heavy atom. The average Bonchev–Trinajstić information content (AvgIpc) is 2.39. The monoisotopic (exact) mass is 319 g/mol. The molecule has 0 aliphatic rings. The zero-order chi connectivity index (χ0) is 15.6. The van der Waals surface area contributed by atoms with E-state index in [0.29, 0.717) is 12.1 Å². The number of carbonyl (C=O) groups excluding carboxylic acids is 1. The molecule has 9 heteroatoms. The summed E-state index contributed by atoms with van der Waals surface area (Å²) < 4.78 is 50.5. The second-order valence-electron chi connectivity index (χ2n) is 3.89. The Labute approximate surface area is 120 Å². The average molecular weight is 320 g/mol. The minimum absolute atomic E-state index is 0.0337. The summed E-state index contributed by atoms with van der Waals surface area (Å²) in [6, 6.07) is 1.88. The van der Waals surface area contributed by atoms with E-state index in [4.69, 9.17) is 11.6 Å². The molecular weight excluding hydrogens is 314 g/mol. The van der Waals surface area contributed by atoms with Gasteiger partial charge in [0, 0.05) is 5.56 Å². The van der Waals surface area contributed by atoms with E-state index < -0.39 is 23.5 Å². The van der Waals surface area contributed by atoms with Crippen molar-refractivity contribution in [2.75, 3.05) is 5.32 Å². The Morgan fingerprint density at radius 2 is 1.81 bits per heavy atom. The van der Waals surface area contributed by atoms with Gasteiger partial charge in [-0.25, -0.2) is 14.4 Å². The van der Waals surface area contributed by atoms with Crippen molar-refractivity contribution in [3.63, 3.8) is 0 Å². The largest absolute Gasteiger partial charge is 0.419 e. The van der Waals surface area contributed by atoms with Gasteiger partial charge in [0.25, 0.3) is 5.91 Å². The Morgan fingerprint density at radius 3 is 2.33 bits per heavy atom. The molecule has 0 spiro atoms. The zero-order valence-electron chi connectivity index (χ0n) is 10.1. The molecule has 0 aliphatic carbocycles. The van der Waals surface area contributed by atoms with Crippen LogP contribution in [0.5, 0.6) is 0 Å². The van der Waals surface area contributed by atoms with Crippen LogP contribution in [0.15, 0.2) is 30.6 Å². The maximum Gasteiger partial charge on any atom is 0.419 e. The first-order valence-electron chi connectivity index (χ1n) is 5.43. The third kappa shape index (κ3) is 3.66. The van der Waals surface area contributed by atoms with Crippen LogP contribution in [0.3, 0.4) is 0 Å². The number of nitrogens with zero attached hydrogens (tertiary/aromatic N) is 2. The number of hydrogen-bond donors (Lipinski definition) is 1. The van der Waals surface area contributed by atoms with Gasteiger partial charge >= 0.3 is 6.18 Å². The van der Waals surface area contributed by atoms with E-state index in [1.54, 1.807) is 0 Å². The van der Waals surface area contributed by atoms with E-state index in [2.05, 4.69) is 15.3 Å². The summed E-state index contributed by atoms with van der Waals surface area (Å²) in [5.41, 5.74) is -1.53. The molecule has 0 saturated heterocycles. The molecule has 0 unspecified atom stereocenters. The van der Waals surface area contributed by atoms with Crippen molar-refractivity contribution in [2.24, 2.45) is 0 Å². The molecule has 21 heavy (non-hydrogen) atoms. The maximum atomic E-state index is 13.4. The van der Waals surface area contributed by atoms with Crippen LogP contribution in [-0.2, 0) is 6.18 Å². The molecule has 0 radical (unpaired) electrons. The van der Waals surface area contributed by atoms with Crippen LogP contribution in [0.25, 0.3) is 0 Å². The van der Waals surface area contributed by atoms with Crippen LogP contribution in [0, 0.1) is 5.82 Å². The van der Waals surface area contributed by atoms with Crippen molar-refractivity contribution in [3.05, 3.63) is 52.8 Å². The number of benzene rings is 1. The third-order valence-electron chi connectivity index (χ3n) is 2.41. The SMILES string of the molecule is O=C(Nc1cnc(Cl)nc1)c1ccc(C(F)(F)F)c(F)c1. The first-order chi connectivity index (χ1) is 9.77. The zero-order valence-corrected chi connectivity index (χ0v) is 10.8. The van der Waals surface area contributed by atoms with Gasteiger partial charge in [-0.3, -0.25) is 4.79 Å². The van der Waals surface area contributed by atoms with Crippen molar-refractivity contribution in [1.29, 1.82) is 0 Å². The highest BCUT2D eigenvalue weighted by Gasteiger charge is 2.34. The lowest BCUT2D eigenvalue weighted by Gasteiger charge is -2.09. The highest BCUT2D eigenvalue weighted by atomic mass is 35.5. The molecule has 1 aromatic carbocycles. The fraction of sp³-hybridized carbons (Fsp3) is 0.0833. The number of alkyl halides is 3. The number of halogens is 5. The van der Waals surface area contributed by atoms with E-state index >= 15 is 0 Å². The summed E-state index contributed by atoms with van der Waals surface area (Å²) in [5.74, 6) is -2.32. The molecule has 1 aromatic heterocycles. The normalized spacial score (nSPS) is 11.3. The molecule has 0 bridgehead atoms. The van der Waals surface area contributed by atoms with Gasteiger partial charge in [-0.15, -0.1) is 0 Å². The van der Waals surface area contributed by atoms with Crippen molar-refractivity contribution < 1.29 is 22.4 Å². The summed E-state index contributed by atoms with van der Waals surface area (Å²) in [6.45, 7) is 0. The topological polar surface area (TPSA) is 54.9 Å². The minimum atomic E-state index is -4.82. The Balaban J connectivity index is 2.20. The number of carbonyl (C=O) groups is 1. The molecule has 0 aliphatic heterocycles. The van der Waals surface area contributed by atoms with Gasteiger partial charge < -0.3 is 5.32 Å². The molecule has 0 atom stereocenters. The van der Waals surface area contributed by atoms with Crippen LogP contribution in [-0.4, -0.2) is 15.9 Å². The maximum absolute atomic E-state index is 13.4. The van der Waals surface area contributed by atoms with Crippen molar-refractivity contribution in [2.45, 2.75) is 6.18 Å². The molecule has 2 rings (SSSR count). The molecule has 0 saturated carbocycles. The van der Waals surface area contributed by atoms with E-state index in [1.807, 2.05) is 0 Å². The second kappa shape index (κ2) is 5.65. The summed E-state index contributed by atoms with van der Waals surface area (Å²) in [6.07, 6.45) is -2.41. The van der Waals surface area contributed by atoms with Crippen LogP contribution < -0.4 is 5.32 Å². The first kappa shape index (κ1) is 15.2. The van der Waals surface area contributed by atoms with Gasteiger partial charge in [-0.05, 0) is 29.8 Å². The number of anilines is 1. The number of rotatable bonds is 2. The molecule has 1 amide bonds. The Bertz CT molecular complexity index is 673. The molecule has 1 heterocycles. The molecule has 110 valence electrons. The molecule has 1 N–H and O–H groups in total. The Hall–Kier alpha value is -2.22. The highest BCUT2D eigenvalue weighted by Crippen LogP contribution is 2.31. The summed E-state index contributed by atoms with van der Waals surface area (Å²) in [4.78, 5) is 19.0. The second-order valence-corrected chi connectivity index (χ2v) is 4.23. The molecular formula is C12H6ClF4N3O. The summed E-state index contributed by atoms with van der Waals surface area (Å²) >= 11 is 5.46. The lowest BCUT2D eigenvalue weighted by atomic mass is 10.1. The van der Waals surface area contributed by atoms with E-state index in [0.717, 1.165) is 6.07 Å². The van der Waals surface area contributed by atoms with Gasteiger partial charge in [-0.1, -0.05) is 0 Å². The number of nitrogens with one attached hydrogen (secondary N) is 1. The van der Waals surface area contributed by atoms with Gasteiger partial charge in [0.15, 0.2) is 0 Å².